The predicted molar refractivity (Wildman–Crippen MR) is 134 cm³/mol. The molecule has 12 nitrogen and oxygen atoms in total. The Kier molecular flexibility index (Phi) is 10.8. The first-order chi connectivity index (χ1) is 17.0. The van der Waals surface area contributed by atoms with Crippen molar-refractivity contribution in [3.63, 3.8) is 0 Å². The van der Waals surface area contributed by atoms with E-state index >= 15 is 0 Å². The molecule has 0 saturated carbocycles. The van der Waals surface area contributed by atoms with Crippen LogP contribution < -0.4 is 27.4 Å². The largest absolute Gasteiger partial charge is 0.480 e. The van der Waals surface area contributed by atoms with Gasteiger partial charge in [-0.25, -0.2) is 4.79 Å². The van der Waals surface area contributed by atoms with Gasteiger partial charge in [0.15, 0.2) is 0 Å². The minimum absolute atomic E-state index is 0.0322. The number of aliphatic hydroxyl groups is 1. The van der Waals surface area contributed by atoms with Crippen molar-refractivity contribution in [2.75, 3.05) is 6.54 Å². The number of nitrogens with one attached hydrogen (secondary N) is 4. The maximum Gasteiger partial charge on any atom is 0.326 e. The number of amides is 3. The van der Waals surface area contributed by atoms with Crippen molar-refractivity contribution < 1.29 is 29.4 Å². The number of nitrogens with two attached hydrogens (primary N) is 2. The number of carboxylic acid groups (broad SMARTS) is 1. The van der Waals surface area contributed by atoms with Gasteiger partial charge >= 0.3 is 5.97 Å². The Morgan fingerprint density at radius 1 is 0.972 bits per heavy atom. The first kappa shape index (κ1) is 28.8. The van der Waals surface area contributed by atoms with Crippen LogP contribution in [0.15, 0.2) is 30.5 Å². The third kappa shape index (κ3) is 8.04. The molecule has 1 aromatic carbocycles. The van der Waals surface area contributed by atoms with E-state index in [0.29, 0.717) is 24.9 Å². The number of fused-ring (bicyclic) bond motifs is 1. The molecule has 36 heavy (non-hydrogen) atoms. The second kappa shape index (κ2) is 13.6. The van der Waals surface area contributed by atoms with Crippen LogP contribution in [0.5, 0.6) is 0 Å². The molecule has 0 aliphatic heterocycles. The number of carboxylic acids is 1. The van der Waals surface area contributed by atoms with E-state index in [2.05, 4.69) is 20.9 Å². The molecular formula is C24H36N6O6. The molecule has 0 spiro atoms. The van der Waals surface area contributed by atoms with Crippen LogP contribution >= 0.6 is 0 Å². The van der Waals surface area contributed by atoms with Crippen LogP contribution in [0.2, 0.25) is 0 Å². The molecule has 5 unspecified atom stereocenters. The quantitative estimate of drug-likeness (QED) is 0.151. The van der Waals surface area contributed by atoms with Gasteiger partial charge in [0.25, 0.3) is 0 Å². The van der Waals surface area contributed by atoms with Gasteiger partial charge in [0, 0.05) is 23.5 Å². The van der Waals surface area contributed by atoms with Crippen LogP contribution in [0.4, 0.5) is 0 Å². The maximum absolute atomic E-state index is 13.2. The summed E-state index contributed by atoms with van der Waals surface area (Å²) in [5.41, 5.74) is 12.6. The van der Waals surface area contributed by atoms with E-state index in [1.807, 2.05) is 24.3 Å². The summed E-state index contributed by atoms with van der Waals surface area (Å²) in [6, 6.07) is 2.73. The highest BCUT2D eigenvalue weighted by Crippen LogP contribution is 2.19. The zero-order chi connectivity index (χ0) is 26.8. The Labute approximate surface area is 209 Å². The molecule has 0 radical (unpaired) electrons. The van der Waals surface area contributed by atoms with Gasteiger partial charge in [0.1, 0.15) is 18.1 Å². The summed E-state index contributed by atoms with van der Waals surface area (Å²) in [5, 5.41) is 27.9. The lowest BCUT2D eigenvalue weighted by molar-refractivity contribution is -0.142. The van der Waals surface area contributed by atoms with Crippen LogP contribution in [0.3, 0.4) is 0 Å². The summed E-state index contributed by atoms with van der Waals surface area (Å²) in [6.45, 7) is 3.14. The zero-order valence-electron chi connectivity index (χ0n) is 20.5. The molecule has 1 heterocycles. The van der Waals surface area contributed by atoms with E-state index in [-0.39, 0.29) is 12.8 Å². The molecule has 0 bridgehead atoms. The molecule has 3 amide bonds. The lowest BCUT2D eigenvalue weighted by Crippen LogP contribution is -2.60. The van der Waals surface area contributed by atoms with Crippen molar-refractivity contribution in [1.29, 1.82) is 0 Å². The molecule has 0 saturated heterocycles. The summed E-state index contributed by atoms with van der Waals surface area (Å²) in [5.74, 6) is -3.38. The fourth-order valence-electron chi connectivity index (χ4n) is 3.70. The Hall–Kier alpha value is -3.48. The standard InChI is InChI=1S/C24H36N6O6/c1-13(26)21(32)30-20(14(2)31)23(34)29-19(11-15-12-27-17-8-4-3-7-16(15)17)22(33)28-18(24(35)36)9-5-6-10-25/h3-4,7-8,12-14,18-20,27,31H,5-6,9-11,25-26H2,1-2H3,(H,28,33)(H,29,34)(H,30,32)(H,35,36). The van der Waals surface area contributed by atoms with Crippen LogP contribution in [0.25, 0.3) is 10.9 Å². The monoisotopic (exact) mass is 504 g/mol. The fraction of sp³-hybridized carbons (Fsp3) is 0.500. The molecule has 2 rings (SSSR count). The van der Waals surface area contributed by atoms with Gasteiger partial charge in [-0.1, -0.05) is 18.2 Å². The second-order valence-electron chi connectivity index (χ2n) is 8.82. The molecule has 2 aromatic rings. The summed E-state index contributed by atoms with van der Waals surface area (Å²) >= 11 is 0. The Morgan fingerprint density at radius 2 is 1.64 bits per heavy atom. The summed E-state index contributed by atoms with van der Waals surface area (Å²) in [7, 11) is 0. The molecule has 0 aliphatic rings. The minimum atomic E-state index is -1.37. The molecule has 10 N–H and O–H groups in total. The first-order valence-electron chi connectivity index (χ1n) is 11.9. The van der Waals surface area contributed by atoms with Gasteiger partial charge in [-0.3, -0.25) is 14.4 Å². The van der Waals surface area contributed by atoms with Crippen molar-refractivity contribution in [2.24, 2.45) is 11.5 Å². The molecule has 1 aromatic heterocycles. The summed E-state index contributed by atoms with van der Waals surface area (Å²) in [6.07, 6.45) is 1.73. The molecule has 5 atom stereocenters. The highest BCUT2D eigenvalue weighted by Gasteiger charge is 2.32. The van der Waals surface area contributed by atoms with E-state index in [4.69, 9.17) is 11.5 Å². The van der Waals surface area contributed by atoms with Gasteiger partial charge in [0.05, 0.1) is 12.1 Å². The Bertz CT molecular complexity index is 1050. The first-order valence-corrected chi connectivity index (χ1v) is 11.9. The van der Waals surface area contributed by atoms with Crippen LogP contribution in [-0.4, -0.2) is 75.7 Å². The fourth-order valence-corrected chi connectivity index (χ4v) is 3.70. The maximum atomic E-state index is 13.2. The van der Waals surface area contributed by atoms with Crippen molar-refractivity contribution in [2.45, 2.75) is 69.8 Å². The van der Waals surface area contributed by atoms with Gasteiger partial charge in [0.2, 0.25) is 17.7 Å². The number of aliphatic carboxylic acids is 1. The summed E-state index contributed by atoms with van der Waals surface area (Å²) < 4.78 is 0. The highest BCUT2D eigenvalue weighted by molar-refractivity contribution is 5.95. The topological polar surface area (TPSA) is 213 Å². The number of para-hydroxylation sites is 1. The van der Waals surface area contributed by atoms with Gasteiger partial charge in [-0.05, 0) is 51.3 Å². The van der Waals surface area contributed by atoms with Crippen LogP contribution in [-0.2, 0) is 25.6 Å². The molecule has 12 heteroatoms. The van der Waals surface area contributed by atoms with E-state index in [9.17, 15) is 29.4 Å². The number of benzene rings is 1. The van der Waals surface area contributed by atoms with Crippen LogP contribution in [0, 0.1) is 0 Å². The molecular weight excluding hydrogens is 468 g/mol. The number of aromatic nitrogens is 1. The smallest absolute Gasteiger partial charge is 0.326 e. The van der Waals surface area contributed by atoms with Crippen molar-refractivity contribution in [3.05, 3.63) is 36.0 Å². The lowest BCUT2D eigenvalue weighted by atomic mass is 10.0. The second-order valence-corrected chi connectivity index (χ2v) is 8.82. The van der Waals surface area contributed by atoms with E-state index in [0.717, 1.165) is 10.9 Å². The average molecular weight is 505 g/mol. The Morgan fingerprint density at radius 3 is 2.25 bits per heavy atom. The van der Waals surface area contributed by atoms with Crippen molar-refractivity contribution >= 4 is 34.6 Å². The number of unbranched alkanes of at least 4 members (excludes halogenated alkanes) is 1. The number of aliphatic hydroxyl groups excluding tert-OH is 1. The third-order valence-corrected chi connectivity index (χ3v) is 5.77. The average Bonchev–Trinajstić information content (AvgIpc) is 3.23. The summed E-state index contributed by atoms with van der Waals surface area (Å²) in [4.78, 5) is 53.1. The minimum Gasteiger partial charge on any atom is -0.480 e. The van der Waals surface area contributed by atoms with Gasteiger partial charge in [-0.15, -0.1) is 0 Å². The lowest BCUT2D eigenvalue weighted by Gasteiger charge is -2.26. The molecule has 198 valence electrons. The predicted octanol–water partition coefficient (Wildman–Crippen LogP) is -0.894. The van der Waals surface area contributed by atoms with E-state index in [1.165, 1.54) is 13.8 Å². The zero-order valence-corrected chi connectivity index (χ0v) is 20.5. The number of hydrogen-bond acceptors (Lipinski definition) is 7. The van der Waals surface area contributed by atoms with Crippen molar-refractivity contribution in [1.82, 2.24) is 20.9 Å². The SMILES string of the molecule is CC(N)C(=O)NC(C(=O)NC(Cc1c[nH]c2ccccc12)C(=O)NC(CCCCN)C(=O)O)C(C)O. The number of carbonyl (C=O) groups excluding carboxylic acids is 3. The molecule has 0 fully saturated rings. The number of carbonyl (C=O) groups is 4. The van der Waals surface area contributed by atoms with Crippen molar-refractivity contribution in [3.8, 4) is 0 Å². The van der Waals surface area contributed by atoms with E-state index < -0.39 is 54.0 Å². The number of hydrogen-bond donors (Lipinski definition) is 8. The number of aromatic amines is 1. The Balaban J connectivity index is 2.29. The normalized spacial score (nSPS) is 15.4. The van der Waals surface area contributed by atoms with Crippen LogP contribution in [0.1, 0.15) is 38.7 Å². The van der Waals surface area contributed by atoms with Gasteiger partial charge in [-0.2, -0.15) is 0 Å². The number of H-pyrrole nitrogens is 1. The van der Waals surface area contributed by atoms with Gasteiger partial charge < -0.3 is 42.6 Å². The third-order valence-electron chi connectivity index (χ3n) is 5.77. The highest BCUT2D eigenvalue weighted by atomic mass is 16.4. The molecule has 0 aliphatic carbocycles. The number of rotatable bonds is 14. The van der Waals surface area contributed by atoms with E-state index in [1.54, 1.807) is 6.20 Å².